The maximum atomic E-state index is 12.8. The number of allylic oxidation sites excluding steroid dienone is 3. The van der Waals surface area contributed by atoms with E-state index in [4.69, 9.17) is 9.47 Å². The SMILES string of the molecule is C=C1/C=C(\C)[C@](C)(O)C[C@H](O)CC(=O)[C@H](O)[C@@H](O)[C@H](C)C[C@H](C)OC(=O)/C(C)=C/CCC[C@H]([Se]c2ccccc2[N+](=O)[O-])[C@@H]2O[C@H]2C[C@H](C)C1. The summed E-state index contributed by atoms with van der Waals surface area (Å²) in [7, 11) is 0. The number of hydrogen-bond donors (Lipinski definition) is 4. The first-order chi connectivity index (χ1) is 23.4. The number of fused-ring (bicyclic) bond motifs is 1. The number of aliphatic hydroxyl groups excluding tert-OH is 3. The molecule has 12 heteroatoms. The number of aliphatic hydroxyl groups is 4. The van der Waals surface area contributed by atoms with Gasteiger partial charge in [-0.25, -0.2) is 0 Å². The summed E-state index contributed by atoms with van der Waals surface area (Å²) in [5.41, 5.74) is 0.456. The average Bonchev–Trinajstić information content (AvgIpc) is 3.78. The molecule has 1 aromatic carbocycles. The van der Waals surface area contributed by atoms with E-state index in [0.717, 1.165) is 29.3 Å². The van der Waals surface area contributed by atoms with Crippen LogP contribution in [0.2, 0.25) is 4.82 Å². The number of nitro benzene ring substituents is 1. The Kier molecular flexibility index (Phi) is 15.6. The first-order valence-electron chi connectivity index (χ1n) is 17.5. The van der Waals surface area contributed by atoms with Crippen LogP contribution in [0.4, 0.5) is 5.69 Å². The van der Waals surface area contributed by atoms with Gasteiger partial charge in [-0.2, -0.15) is 0 Å². The van der Waals surface area contributed by atoms with Gasteiger partial charge in [0.1, 0.15) is 6.10 Å². The Morgan fingerprint density at radius 2 is 1.74 bits per heavy atom. The zero-order chi connectivity index (χ0) is 37.3. The molecule has 11 nitrogen and oxygen atoms in total. The number of benzene rings is 1. The number of Topliss-reactive ketones (excluding diaryl/α,β-unsaturated/α-hetero) is 1. The summed E-state index contributed by atoms with van der Waals surface area (Å²) in [6, 6.07) is 6.85. The monoisotopic (exact) mass is 765 g/mol. The molecule has 10 atom stereocenters. The molecule has 0 spiro atoms. The van der Waals surface area contributed by atoms with E-state index in [0.29, 0.717) is 24.0 Å². The fourth-order valence-corrected chi connectivity index (χ4v) is 9.48. The molecule has 4 N–H and O–H groups in total. The Labute approximate surface area is 302 Å². The molecule has 0 aliphatic carbocycles. The number of cyclic esters (lactones) is 1. The second-order valence-corrected chi connectivity index (χ2v) is 17.2. The maximum absolute atomic E-state index is 12.8. The minimum atomic E-state index is -1.75. The molecule has 0 amide bonds. The van der Waals surface area contributed by atoms with Gasteiger partial charge in [0, 0.05) is 6.42 Å². The van der Waals surface area contributed by atoms with Crippen LogP contribution in [-0.4, -0.2) is 94.3 Å². The van der Waals surface area contributed by atoms with E-state index in [9.17, 15) is 40.1 Å². The van der Waals surface area contributed by atoms with Gasteiger partial charge in [0.15, 0.2) is 5.78 Å². The van der Waals surface area contributed by atoms with Crippen molar-refractivity contribution in [1.29, 1.82) is 0 Å². The molecule has 0 saturated carbocycles. The fraction of sp³-hybridized carbons (Fsp3) is 0.632. The molecule has 2 aliphatic heterocycles. The van der Waals surface area contributed by atoms with E-state index in [1.807, 2.05) is 18.2 Å². The van der Waals surface area contributed by atoms with E-state index >= 15 is 0 Å². The third kappa shape index (κ3) is 12.5. The molecule has 278 valence electrons. The number of esters is 1. The van der Waals surface area contributed by atoms with E-state index in [2.05, 4.69) is 13.5 Å². The minimum absolute atomic E-state index is 0.0110. The van der Waals surface area contributed by atoms with Crippen LogP contribution < -0.4 is 4.46 Å². The third-order valence-electron chi connectivity index (χ3n) is 9.63. The number of epoxide rings is 1. The Bertz CT molecular complexity index is 1420. The van der Waals surface area contributed by atoms with Gasteiger partial charge in [0.25, 0.3) is 0 Å². The standard InChI is InChI=1S/C38H55NO10Se/c1-22-16-23(2)18-31-36(49-31)33(50-32-14-11-9-13-29(32)39(46)47)15-10-8-12-24(3)37(44)48-27(6)19-25(4)34(42)35(43)30(41)20-28(40)21-38(7,45)26(5)17-22/h9,11-14,17,23,25,27-28,31,33-36,40,42-43,45H,1,8,10,15-16,18-21H2,2-7H3/b24-12+,26-17+/t23-,25-,27+,28-,31+,33+,34+,35+,36-,38-/m1/s1. The van der Waals surface area contributed by atoms with E-state index in [-0.39, 0.29) is 61.4 Å². The molecule has 2 aliphatic rings. The molecule has 3 rings (SSSR count). The quantitative estimate of drug-likeness (QED) is 0.111. The summed E-state index contributed by atoms with van der Waals surface area (Å²) in [6.07, 6.45) is 1.63. The number of nitrogens with zero attached hydrogens (tertiary/aromatic N) is 1. The van der Waals surface area contributed by atoms with Crippen molar-refractivity contribution in [1.82, 2.24) is 0 Å². The predicted octanol–water partition coefficient (Wildman–Crippen LogP) is 4.67. The number of para-hydroxylation sites is 1. The summed E-state index contributed by atoms with van der Waals surface area (Å²) in [5, 5.41) is 54.9. The number of nitro groups is 1. The zero-order valence-electron chi connectivity index (χ0n) is 30.1. The van der Waals surface area contributed by atoms with E-state index in [1.165, 1.54) is 6.07 Å². The van der Waals surface area contributed by atoms with Gasteiger partial charge < -0.3 is 15.3 Å². The van der Waals surface area contributed by atoms with Gasteiger partial charge >= 0.3 is 264 Å². The Balaban J connectivity index is 1.82. The molecule has 0 bridgehead atoms. The van der Waals surface area contributed by atoms with Crippen LogP contribution in [0.1, 0.15) is 92.9 Å². The topological polar surface area (TPSA) is 180 Å². The van der Waals surface area contributed by atoms with E-state index in [1.54, 1.807) is 46.8 Å². The Hall–Kier alpha value is -2.70. The summed E-state index contributed by atoms with van der Waals surface area (Å²) in [5.74, 6) is -1.66. The molecule has 0 aromatic heterocycles. The van der Waals surface area contributed by atoms with Crippen molar-refractivity contribution >= 4 is 36.9 Å². The number of ketones is 1. The number of rotatable bonds is 3. The molecule has 0 unspecified atom stereocenters. The summed E-state index contributed by atoms with van der Waals surface area (Å²) in [4.78, 5) is 37.1. The van der Waals surface area contributed by atoms with Crippen molar-refractivity contribution in [2.24, 2.45) is 11.8 Å². The second-order valence-electron chi connectivity index (χ2n) is 14.5. The predicted molar refractivity (Wildman–Crippen MR) is 192 cm³/mol. The third-order valence-corrected chi connectivity index (χ3v) is 12.6. The summed E-state index contributed by atoms with van der Waals surface area (Å²) in [6.45, 7) is 14.6. The van der Waals surface area contributed by atoms with Gasteiger partial charge in [-0.05, 0) is 0 Å². The van der Waals surface area contributed by atoms with Crippen LogP contribution in [0.3, 0.4) is 0 Å². The number of ether oxygens (including phenoxy) is 2. The average molecular weight is 765 g/mol. The van der Waals surface area contributed by atoms with Crippen LogP contribution in [0.25, 0.3) is 0 Å². The van der Waals surface area contributed by atoms with Crippen LogP contribution in [0.5, 0.6) is 0 Å². The number of carbonyl (C=O) groups excluding carboxylic acids is 2. The van der Waals surface area contributed by atoms with Gasteiger partial charge in [0.2, 0.25) is 0 Å². The van der Waals surface area contributed by atoms with Crippen molar-refractivity contribution in [2.45, 2.75) is 140 Å². The zero-order valence-corrected chi connectivity index (χ0v) is 31.8. The van der Waals surface area contributed by atoms with Crippen molar-refractivity contribution in [3.05, 3.63) is 69.8 Å². The van der Waals surface area contributed by atoms with Gasteiger partial charge in [-0.1, -0.05) is 0 Å². The van der Waals surface area contributed by atoms with E-state index < -0.39 is 54.1 Å². The fourth-order valence-electron chi connectivity index (χ4n) is 6.54. The number of carbonyl (C=O) groups is 2. The van der Waals surface area contributed by atoms with Gasteiger partial charge in [-0.15, -0.1) is 0 Å². The van der Waals surface area contributed by atoms with Crippen molar-refractivity contribution in [3.8, 4) is 0 Å². The normalized spacial score (nSPS) is 37.0. The van der Waals surface area contributed by atoms with Crippen LogP contribution in [0, 0.1) is 22.0 Å². The first-order valence-corrected chi connectivity index (χ1v) is 19.3. The van der Waals surface area contributed by atoms with Gasteiger partial charge in [-0.3, -0.25) is 4.79 Å². The summed E-state index contributed by atoms with van der Waals surface area (Å²) >= 11 is -0.221. The molecule has 1 saturated heterocycles. The molecule has 2 heterocycles. The Morgan fingerprint density at radius 1 is 1.06 bits per heavy atom. The molecular weight excluding hydrogens is 709 g/mol. The Morgan fingerprint density at radius 3 is 2.42 bits per heavy atom. The van der Waals surface area contributed by atoms with Crippen molar-refractivity contribution in [3.63, 3.8) is 0 Å². The van der Waals surface area contributed by atoms with Crippen molar-refractivity contribution in [2.75, 3.05) is 0 Å². The molecule has 0 radical (unpaired) electrons. The van der Waals surface area contributed by atoms with Crippen LogP contribution in [-0.2, 0) is 19.1 Å². The van der Waals surface area contributed by atoms with Gasteiger partial charge in [0.05, 0.1) is 0 Å². The van der Waals surface area contributed by atoms with Crippen LogP contribution >= 0.6 is 0 Å². The molecule has 1 aromatic rings. The molecule has 50 heavy (non-hydrogen) atoms. The van der Waals surface area contributed by atoms with Crippen LogP contribution in [0.15, 0.2) is 59.7 Å². The first kappa shape index (κ1) is 41.7. The second kappa shape index (κ2) is 18.7. The van der Waals surface area contributed by atoms with Crippen molar-refractivity contribution < 1.29 is 44.4 Å². The number of hydrogen-bond acceptors (Lipinski definition) is 10. The molecular formula is C38H55NO10Se. The molecule has 1 fully saturated rings. The summed E-state index contributed by atoms with van der Waals surface area (Å²) < 4.78 is 12.5.